The lowest BCUT2D eigenvalue weighted by molar-refractivity contribution is -0.144. The van der Waals surface area contributed by atoms with Crippen LogP contribution in [0.3, 0.4) is 0 Å². The molecule has 0 fully saturated rings. The van der Waals surface area contributed by atoms with Crippen molar-refractivity contribution in [2.75, 3.05) is 11.9 Å². The summed E-state index contributed by atoms with van der Waals surface area (Å²) in [5.74, 6) is -0.822. The molecule has 2 aromatic rings. The molecule has 0 aliphatic rings. The molecule has 3 nitrogen and oxygen atoms in total. The van der Waals surface area contributed by atoms with Crippen molar-refractivity contribution in [1.82, 2.24) is 0 Å². The van der Waals surface area contributed by atoms with Crippen LogP contribution in [0, 0.1) is 5.82 Å². The molecule has 0 saturated carbocycles. The smallest absolute Gasteiger partial charge is 0.333 e. The maximum absolute atomic E-state index is 13.3. The van der Waals surface area contributed by atoms with E-state index in [2.05, 4.69) is 5.32 Å². The van der Waals surface area contributed by atoms with E-state index < -0.39 is 12.0 Å². The van der Waals surface area contributed by atoms with E-state index in [0.29, 0.717) is 16.3 Å². The van der Waals surface area contributed by atoms with Gasteiger partial charge in [0.25, 0.3) is 0 Å². The van der Waals surface area contributed by atoms with Crippen LogP contribution >= 0.6 is 11.6 Å². The van der Waals surface area contributed by atoms with Crippen molar-refractivity contribution in [3.05, 3.63) is 64.9 Å². The van der Waals surface area contributed by atoms with Gasteiger partial charge >= 0.3 is 5.97 Å². The minimum Gasteiger partial charge on any atom is -0.464 e. The van der Waals surface area contributed by atoms with Gasteiger partial charge in [0.1, 0.15) is 5.82 Å². The van der Waals surface area contributed by atoms with Gasteiger partial charge in [-0.3, -0.25) is 0 Å². The molecule has 1 atom stereocenters. The van der Waals surface area contributed by atoms with E-state index in [-0.39, 0.29) is 12.4 Å². The predicted molar refractivity (Wildman–Crippen MR) is 80.8 cm³/mol. The number of esters is 1. The zero-order chi connectivity index (χ0) is 15.2. The molecule has 110 valence electrons. The molecule has 5 heteroatoms. The number of halogens is 2. The van der Waals surface area contributed by atoms with Gasteiger partial charge in [-0.25, -0.2) is 9.18 Å². The van der Waals surface area contributed by atoms with Crippen LogP contribution in [-0.2, 0) is 9.53 Å². The van der Waals surface area contributed by atoms with Crippen LogP contribution in [0.25, 0.3) is 0 Å². The maximum Gasteiger partial charge on any atom is 0.333 e. The molecule has 2 rings (SSSR count). The second-order valence-corrected chi connectivity index (χ2v) is 4.83. The lowest BCUT2D eigenvalue weighted by Crippen LogP contribution is -2.23. The third-order valence-corrected chi connectivity index (χ3v) is 3.08. The fraction of sp³-hybridized carbons (Fsp3) is 0.188. The van der Waals surface area contributed by atoms with Gasteiger partial charge < -0.3 is 10.1 Å². The summed E-state index contributed by atoms with van der Waals surface area (Å²) in [6.45, 7) is 2.00. The molecular weight excluding hydrogens is 293 g/mol. The Balaban J connectivity index is 2.30. The van der Waals surface area contributed by atoms with Gasteiger partial charge in [-0.1, -0.05) is 29.8 Å². The number of ether oxygens (including phenoxy) is 1. The van der Waals surface area contributed by atoms with Crippen LogP contribution in [0.4, 0.5) is 10.1 Å². The highest BCUT2D eigenvalue weighted by atomic mass is 35.5. The molecule has 0 aliphatic heterocycles. The van der Waals surface area contributed by atoms with Gasteiger partial charge in [-0.15, -0.1) is 0 Å². The summed E-state index contributed by atoms with van der Waals surface area (Å²) in [6.07, 6.45) is 0. The van der Waals surface area contributed by atoms with Crippen LogP contribution in [0.5, 0.6) is 0 Å². The molecule has 0 spiro atoms. The summed E-state index contributed by atoms with van der Waals surface area (Å²) in [6, 6.07) is 12.1. The molecule has 0 heterocycles. The average molecular weight is 308 g/mol. The highest BCUT2D eigenvalue weighted by molar-refractivity contribution is 6.30. The summed E-state index contributed by atoms with van der Waals surface area (Å²) in [4.78, 5) is 12.1. The fourth-order valence-corrected chi connectivity index (χ4v) is 2.13. The zero-order valence-electron chi connectivity index (χ0n) is 11.5. The maximum atomic E-state index is 13.3. The zero-order valence-corrected chi connectivity index (χ0v) is 12.2. The number of hydrogen-bond donors (Lipinski definition) is 1. The Morgan fingerprint density at radius 3 is 2.71 bits per heavy atom. The Bertz CT molecular complexity index is 633. The minimum absolute atomic E-state index is 0.265. The highest BCUT2D eigenvalue weighted by Gasteiger charge is 2.22. The first-order chi connectivity index (χ1) is 10.1. The molecule has 0 bridgehead atoms. The molecule has 0 amide bonds. The van der Waals surface area contributed by atoms with Crippen LogP contribution in [-0.4, -0.2) is 12.6 Å². The Kier molecular flexibility index (Phi) is 5.17. The molecule has 0 aromatic heterocycles. The van der Waals surface area contributed by atoms with Gasteiger partial charge in [0, 0.05) is 10.7 Å². The van der Waals surface area contributed by atoms with Crippen LogP contribution in [0.2, 0.25) is 5.02 Å². The predicted octanol–water partition coefficient (Wildman–Crippen LogP) is 4.20. The van der Waals surface area contributed by atoms with Crippen molar-refractivity contribution in [1.29, 1.82) is 0 Å². The van der Waals surface area contributed by atoms with E-state index in [1.807, 2.05) is 0 Å². The van der Waals surface area contributed by atoms with Crippen LogP contribution in [0.15, 0.2) is 48.5 Å². The summed E-state index contributed by atoms with van der Waals surface area (Å²) in [7, 11) is 0. The molecule has 0 aliphatic carbocycles. The van der Waals surface area contributed by atoms with E-state index >= 15 is 0 Å². The molecular formula is C16H15ClFNO2. The summed E-state index contributed by atoms with van der Waals surface area (Å²) in [5, 5.41) is 3.49. The number of nitrogens with one attached hydrogen (secondary N) is 1. The number of carbonyl (C=O) groups excluding carboxylic acids is 1. The van der Waals surface area contributed by atoms with E-state index in [9.17, 15) is 9.18 Å². The second kappa shape index (κ2) is 7.09. The number of benzene rings is 2. The number of hydrogen-bond acceptors (Lipinski definition) is 3. The van der Waals surface area contributed by atoms with Crippen molar-refractivity contribution in [2.45, 2.75) is 13.0 Å². The average Bonchev–Trinajstić information content (AvgIpc) is 2.45. The fourth-order valence-electron chi connectivity index (χ4n) is 1.94. The van der Waals surface area contributed by atoms with E-state index in [1.54, 1.807) is 43.3 Å². The van der Waals surface area contributed by atoms with Crippen LogP contribution in [0.1, 0.15) is 18.5 Å². The lowest BCUT2D eigenvalue weighted by Gasteiger charge is -2.19. The van der Waals surface area contributed by atoms with Gasteiger partial charge in [-0.05, 0) is 42.8 Å². The SMILES string of the molecule is CCOC(=O)C(Nc1cccc(F)c1)c1cccc(Cl)c1. The topological polar surface area (TPSA) is 38.3 Å². The molecule has 1 N–H and O–H groups in total. The lowest BCUT2D eigenvalue weighted by atomic mass is 10.1. The molecule has 0 saturated heterocycles. The Morgan fingerprint density at radius 2 is 2.05 bits per heavy atom. The minimum atomic E-state index is -0.745. The van der Waals surface area contributed by atoms with E-state index in [0.717, 1.165) is 0 Å². The highest BCUT2D eigenvalue weighted by Crippen LogP contribution is 2.24. The van der Waals surface area contributed by atoms with E-state index in [1.165, 1.54) is 12.1 Å². The molecule has 21 heavy (non-hydrogen) atoms. The number of anilines is 1. The third kappa shape index (κ3) is 4.20. The number of rotatable bonds is 5. The monoisotopic (exact) mass is 307 g/mol. The number of carbonyl (C=O) groups is 1. The summed E-state index contributed by atoms with van der Waals surface area (Å²) in [5.41, 5.74) is 1.15. The van der Waals surface area contributed by atoms with Crippen LogP contribution < -0.4 is 5.32 Å². The largest absolute Gasteiger partial charge is 0.464 e. The standard InChI is InChI=1S/C16H15ClFNO2/c1-2-21-16(20)15(11-5-3-6-12(17)9-11)19-14-8-4-7-13(18)10-14/h3-10,15,19H,2H2,1H3. The molecule has 0 radical (unpaired) electrons. The quantitative estimate of drug-likeness (QED) is 0.842. The van der Waals surface area contributed by atoms with Crippen molar-refractivity contribution >= 4 is 23.3 Å². The van der Waals surface area contributed by atoms with E-state index in [4.69, 9.17) is 16.3 Å². The Hall–Kier alpha value is -2.07. The molecule has 2 aromatic carbocycles. The first-order valence-corrected chi connectivity index (χ1v) is 6.92. The van der Waals surface area contributed by atoms with Gasteiger partial charge in [0.05, 0.1) is 6.61 Å². The second-order valence-electron chi connectivity index (χ2n) is 4.39. The van der Waals surface area contributed by atoms with Crippen molar-refractivity contribution in [3.8, 4) is 0 Å². The van der Waals surface area contributed by atoms with Gasteiger partial charge in [-0.2, -0.15) is 0 Å². The molecule has 1 unspecified atom stereocenters. The Labute approximate surface area is 127 Å². The van der Waals surface area contributed by atoms with Crippen molar-refractivity contribution in [2.24, 2.45) is 0 Å². The Morgan fingerprint density at radius 1 is 1.29 bits per heavy atom. The first kappa shape index (κ1) is 15.3. The summed E-state index contributed by atoms with van der Waals surface area (Å²) < 4.78 is 18.3. The van der Waals surface area contributed by atoms with Crippen molar-refractivity contribution < 1.29 is 13.9 Å². The van der Waals surface area contributed by atoms with Gasteiger partial charge in [0.15, 0.2) is 6.04 Å². The van der Waals surface area contributed by atoms with Gasteiger partial charge in [0.2, 0.25) is 0 Å². The van der Waals surface area contributed by atoms with Crippen molar-refractivity contribution in [3.63, 3.8) is 0 Å². The summed E-state index contributed by atoms with van der Waals surface area (Å²) >= 11 is 5.96. The normalized spacial score (nSPS) is 11.8. The first-order valence-electron chi connectivity index (χ1n) is 6.54. The third-order valence-electron chi connectivity index (χ3n) is 2.84.